The third kappa shape index (κ3) is 3.90. The molecule has 1 aliphatic heterocycles. The number of alkyl halides is 3. The van der Waals surface area contributed by atoms with Crippen molar-refractivity contribution in [3.05, 3.63) is 64.5 Å². The molecule has 0 radical (unpaired) electrons. The molecule has 0 aromatic heterocycles. The first kappa shape index (κ1) is 17.2. The van der Waals surface area contributed by atoms with Crippen molar-refractivity contribution in [3.8, 4) is 5.75 Å². The van der Waals surface area contributed by atoms with Crippen LogP contribution in [0, 0.1) is 5.82 Å². The van der Waals surface area contributed by atoms with E-state index >= 15 is 0 Å². The summed E-state index contributed by atoms with van der Waals surface area (Å²) in [5, 5.41) is 0. The lowest BCUT2D eigenvalue weighted by atomic mass is 10.1. The number of carbonyl (C=O) groups excluding carboxylic acids is 1. The smallest absolute Gasteiger partial charge is 0.416 e. The Bertz CT molecular complexity index is 784. The van der Waals surface area contributed by atoms with Gasteiger partial charge in [0.1, 0.15) is 18.2 Å². The molecule has 132 valence electrons. The number of hydrogen-bond donors (Lipinski definition) is 0. The fourth-order valence-electron chi connectivity index (χ4n) is 2.39. The third-order valence-electron chi connectivity index (χ3n) is 3.56. The predicted molar refractivity (Wildman–Crippen MR) is 77.2 cm³/mol. The molecule has 0 saturated carbocycles. The van der Waals surface area contributed by atoms with Gasteiger partial charge in [0.2, 0.25) is 0 Å². The molecule has 0 unspecified atom stereocenters. The van der Waals surface area contributed by atoms with Gasteiger partial charge in [-0.1, -0.05) is 0 Å². The molecular formula is C17H12F4O4. The van der Waals surface area contributed by atoms with Crippen molar-refractivity contribution >= 4 is 5.97 Å². The fraction of sp³-hybridized carbons (Fsp3) is 0.235. The summed E-state index contributed by atoms with van der Waals surface area (Å²) in [6, 6.07) is 6.06. The number of benzene rings is 2. The molecule has 0 N–H and O–H groups in total. The van der Waals surface area contributed by atoms with Crippen molar-refractivity contribution < 1.29 is 36.6 Å². The van der Waals surface area contributed by atoms with Crippen LogP contribution in [0.1, 0.15) is 27.0 Å². The van der Waals surface area contributed by atoms with Crippen molar-refractivity contribution in [1.82, 2.24) is 0 Å². The van der Waals surface area contributed by atoms with E-state index in [0.717, 1.165) is 24.3 Å². The molecule has 0 spiro atoms. The van der Waals surface area contributed by atoms with Crippen molar-refractivity contribution in [2.45, 2.75) is 19.4 Å². The first-order chi connectivity index (χ1) is 11.8. The first-order valence-electron chi connectivity index (χ1n) is 7.21. The molecule has 1 aliphatic rings. The average molecular weight is 356 g/mol. The molecule has 0 atom stereocenters. The number of halogens is 4. The van der Waals surface area contributed by atoms with Gasteiger partial charge in [0, 0.05) is 11.1 Å². The summed E-state index contributed by atoms with van der Waals surface area (Å²) in [6.07, 6.45) is -4.48. The van der Waals surface area contributed by atoms with Crippen LogP contribution in [-0.2, 0) is 28.9 Å². The zero-order valence-electron chi connectivity index (χ0n) is 12.7. The summed E-state index contributed by atoms with van der Waals surface area (Å²) in [7, 11) is 0. The molecule has 0 fully saturated rings. The highest BCUT2D eigenvalue weighted by Gasteiger charge is 2.30. The number of esters is 1. The molecule has 3 rings (SSSR count). The number of carbonyl (C=O) groups is 1. The van der Waals surface area contributed by atoms with E-state index in [1.54, 1.807) is 0 Å². The predicted octanol–water partition coefficient (Wildman–Crippen LogP) is 4.07. The van der Waals surface area contributed by atoms with Crippen molar-refractivity contribution in [3.63, 3.8) is 0 Å². The number of fused-ring (bicyclic) bond motifs is 1. The Balaban J connectivity index is 1.72. The molecule has 4 nitrogen and oxygen atoms in total. The second-order valence-corrected chi connectivity index (χ2v) is 5.32. The van der Waals surface area contributed by atoms with E-state index in [9.17, 15) is 22.4 Å². The van der Waals surface area contributed by atoms with Gasteiger partial charge in [-0.25, -0.2) is 9.18 Å². The van der Waals surface area contributed by atoms with Crippen LogP contribution < -0.4 is 4.74 Å². The standard InChI is InChI=1S/C17H12F4O4/c18-14-5-11-7-23-9-25-15(11)12(6-14)8-24-16(22)10-1-3-13(4-2-10)17(19,20)21/h1-6H,7-9H2. The summed E-state index contributed by atoms with van der Waals surface area (Å²) >= 11 is 0. The van der Waals surface area contributed by atoms with Gasteiger partial charge >= 0.3 is 12.1 Å². The SMILES string of the molecule is O=C(OCc1cc(F)cc2c1OCOC2)c1ccc(C(F)(F)F)cc1. The maximum Gasteiger partial charge on any atom is 0.416 e. The van der Waals surface area contributed by atoms with Gasteiger partial charge in [0.25, 0.3) is 0 Å². The second-order valence-electron chi connectivity index (χ2n) is 5.32. The first-order valence-corrected chi connectivity index (χ1v) is 7.21. The van der Waals surface area contributed by atoms with Crippen molar-refractivity contribution in [1.29, 1.82) is 0 Å². The summed E-state index contributed by atoms with van der Waals surface area (Å²) in [5.41, 5.74) is -0.0930. The van der Waals surface area contributed by atoms with Crippen LogP contribution in [0.25, 0.3) is 0 Å². The quantitative estimate of drug-likeness (QED) is 0.614. The molecule has 0 bridgehead atoms. The molecule has 25 heavy (non-hydrogen) atoms. The minimum atomic E-state index is -4.48. The van der Waals surface area contributed by atoms with Crippen LogP contribution in [0.15, 0.2) is 36.4 Å². The Labute approximate surface area is 139 Å². The summed E-state index contributed by atoms with van der Waals surface area (Å²) in [4.78, 5) is 12.0. The van der Waals surface area contributed by atoms with Crippen LogP contribution >= 0.6 is 0 Å². The average Bonchev–Trinajstić information content (AvgIpc) is 2.58. The maximum atomic E-state index is 13.6. The molecular weight excluding hydrogens is 344 g/mol. The largest absolute Gasteiger partial charge is 0.467 e. The highest BCUT2D eigenvalue weighted by atomic mass is 19.4. The van der Waals surface area contributed by atoms with E-state index in [1.807, 2.05) is 0 Å². The van der Waals surface area contributed by atoms with E-state index < -0.39 is 23.5 Å². The van der Waals surface area contributed by atoms with Gasteiger partial charge in [-0.05, 0) is 36.4 Å². The Morgan fingerprint density at radius 3 is 2.56 bits per heavy atom. The molecule has 0 aliphatic carbocycles. The molecule has 0 saturated heterocycles. The van der Waals surface area contributed by atoms with Gasteiger partial charge in [0.15, 0.2) is 6.79 Å². The van der Waals surface area contributed by atoms with Gasteiger partial charge in [-0.2, -0.15) is 13.2 Å². The number of rotatable bonds is 3. The summed E-state index contributed by atoms with van der Waals surface area (Å²) in [6.45, 7) is -0.106. The normalized spacial score (nSPS) is 13.8. The maximum absolute atomic E-state index is 13.6. The van der Waals surface area contributed by atoms with E-state index in [4.69, 9.17) is 14.2 Å². The lowest BCUT2D eigenvalue weighted by Gasteiger charge is -2.20. The minimum Gasteiger partial charge on any atom is -0.467 e. The monoisotopic (exact) mass is 356 g/mol. The van der Waals surface area contributed by atoms with E-state index in [2.05, 4.69) is 0 Å². The van der Waals surface area contributed by atoms with E-state index in [-0.39, 0.29) is 25.6 Å². The van der Waals surface area contributed by atoms with Gasteiger partial charge in [-0.3, -0.25) is 0 Å². The van der Waals surface area contributed by atoms with E-state index in [1.165, 1.54) is 12.1 Å². The zero-order valence-corrected chi connectivity index (χ0v) is 12.7. The van der Waals surface area contributed by atoms with Crippen LogP contribution in [0.3, 0.4) is 0 Å². The molecule has 8 heteroatoms. The summed E-state index contributed by atoms with van der Waals surface area (Å²) < 4.78 is 66.5. The fourth-order valence-corrected chi connectivity index (χ4v) is 2.39. The third-order valence-corrected chi connectivity index (χ3v) is 3.56. The molecule has 2 aromatic carbocycles. The van der Waals surface area contributed by atoms with Crippen molar-refractivity contribution in [2.75, 3.05) is 6.79 Å². The second kappa shape index (κ2) is 6.72. The highest BCUT2D eigenvalue weighted by Crippen LogP contribution is 2.31. The molecule has 2 aromatic rings. The summed E-state index contributed by atoms with van der Waals surface area (Å²) in [5.74, 6) is -0.972. The molecule has 0 amide bonds. The van der Waals surface area contributed by atoms with E-state index in [0.29, 0.717) is 16.9 Å². The Morgan fingerprint density at radius 2 is 1.88 bits per heavy atom. The van der Waals surface area contributed by atoms with Gasteiger partial charge in [0.05, 0.1) is 17.7 Å². The highest BCUT2D eigenvalue weighted by molar-refractivity contribution is 5.89. The minimum absolute atomic E-state index is 0.00150. The topological polar surface area (TPSA) is 44.8 Å². The Hall–Kier alpha value is -2.61. The van der Waals surface area contributed by atoms with Crippen LogP contribution in [-0.4, -0.2) is 12.8 Å². The zero-order chi connectivity index (χ0) is 18.0. The van der Waals surface area contributed by atoms with Crippen LogP contribution in [0.2, 0.25) is 0 Å². The van der Waals surface area contributed by atoms with Gasteiger partial charge < -0.3 is 14.2 Å². The Kier molecular flexibility index (Phi) is 4.63. The molecule has 1 heterocycles. The number of ether oxygens (including phenoxy) is 3. The van der Waals surface area contributed by atoms with Crippen molar-refractivity contribution in [2.24, 2.45) is 0 Å². The lowest BCUT2D eigenvalue weighted by Crippen LogP contribution is -2.15. The van der Waals surface area contributed by atoms with Gasteiger partial charge in [-0.15, -0.1) is 0 Å². The van der Waals surface area contributed by atoms with Crippen LogP contribution in [0.5, 0.6) is 5.75 Å². The lowest BCUT2D eigenvalue weighted by molar-refractivity contribution is -0.137. The number of hydrogen-bond acceptors (Lipinski definition) is 4. The Morgan fingerprint density at radius 1 is 1.16 bits per heavy atom. The van der Waals surface area contributed by atoms with Crippen LogP contribution in [0.4, 0.5) is 17.6 Å².